The Bertz CT molecular complexity index is 912. The summed E-state index contributed by atoms with van der Waals surface area (Å²) in [5.74, 6) is 1.83. The van der Waals surface area contributed by atoms with Crippen molar-refractivity contribution in [2.75, 3.05) is 0 Å². The van der Waals surface area contributed by atoms with E-state index in [1.807, 2.05) is 54.6 Å². The fourth-order valence-electron chi connectivity index (χ4n) is 2.34. The molecule has 0 aliphatic rings. The third-order valence-electron chi connectivity index (χ3n) is 3.62. The number of ether oxygens (including phenoxy) is 1. The van der Waals surface area contributed by atoms with Gasteiger partial charge in [0.1, 0.15) is 12.4 Å². The highest BCUT2D eigenvalue weighted by Crippen LogP contribution is 2.15. The highest BCUT2D eigenvalue weighted by molar-refractivity contribution is 7.71. The van der Waals surface area contributed by atoms with Crippen LogP contribution in [0.2, 0.25) is 0 Å². The van der Waals surface area contributed by atoms with Gasteiger partial charge < -0.3 is 4.74 Å². The first-order valence-corrected chi connectivity index (χ1v) is 8.53. The predicted molar refractivity (Wildman–Crippen MR) is 102 cm³/mol. The second-order valence-electron chi connectivity index (χ2n) is 5.94. The number of hydrogen-bond donors (Lipinski definition) is 1. The molecule has 6 heteroatoms. The molecule has 0 spiro atoms. The maximum atomic E-state index is 5.85. The van der Waals surface area contributed by atoms with Gasteiger partial charge in [0.15, 0.2) is 5.82 Å². The summed E-state index contributed by atoms with van der Waals surface area (Å²) in [4.78, 5) is 0. The largest absolute Gasteiger partial charge is 0.489 e. The van der Waals surface area contributed by atoms with Crippen LogP contribution in [0.15, 0.2) is 59.7 Å². The number of nitrogens with zero attached hydrogens (tertiary/aromatic N) is 3. The van der Waals surface area contributed by atoms with Gasteiger partial charge in [0.05, 0.1) is 6.21 Å². The van der Waals surface area contributed by atoms with Crippen LogP contribution in [0.3, 0.4) is 0 Å². The lowest BCUT2D eigenvalue weighted by Gasteiger charge is -2.07. The van der Waals surface area contributed by atoms with E-state index in [0.717, 1.165) is 22.7 Å². The molecule has 0 fully saturated rings. The van der Waals surface area contributed by atoms with Gasteiger partial charge in [-0.2, -0.15) is 14.9 Å². The zero-order valence-corrected chi connectivity index (χ0v) is 15.0. The Morgan fingerprint density at radius 1 is 1.20 bits per heavy atom. The van der Waals surface area contributed by atoms with E-state index >= 15 is 0 Å². The van der Waals surface area contributed by atoms with Crippen LogP contribution < -0.4 is 4.74 Å². The van der Waals surface area contributed by atoms with Crippen molar-refractivity contribution < 1.29 is 4.74 Å². The third kappa shape index (κ3) is 4.42. The van der Waals surface area contributed by atoms with Crippen LogP contribution in [0.1, 0.15) is 36.7 Å². The lowest BCUT2D eigenvalue weighted by Crippen LogP contribution is -2.01. The summed E-state index contributed by atoms with van der Waals surface area (Å²) in [6, 6.07) is 17.9. The van der Waals surface area contributed by atoms with Gasteiger partial charge in [0, 0.05) is 5.92 Å². The Kier molecular flexibility index (Phi) is 5.40. The Labute approximate surface area is 152 Å². The summed E-state index contributed by atoms with van der Waals surface area (Å²) in [5.41, 5.74) is 2.07. The van der Waals surface area contributed by atoms with Gasteiger partial charge in [-0.25, -0.2) is 0 Å². The quantitative estimate of drug-likeness (QED) is 0.524. The normalized spacial score (nSPS) is 11.3. The molecule has 0 saturated carbocycles. The molecule has 0 aliphatic heterocycles. The molecule has 1 heterocycles. The van der Waals surface area contributed by atoms with Crippen LogP contribution in [-0.2, 0) is 6.61 Å². The van der Waals surface area contributed by atoms with Crippen molar-refractivity contribution in [3.05, 3.63) is 76.3 Å². The van der Waals surface area contributed by atoms with Crippen LogP contribution in [0, 0.1) is 4.77 Å². The van der Waals surface area contributed by atoms with Crippen LogP contribution in [0.5, 0.6) is 5.75 Å². The van der Waals surface area contributed by atoms with Gasteiger partial charge in [0.2, 0.25) is 4.77 Å². The predicted octanol–water partition coefficient (Wildman–Crippen LogP) is 4.53. The van der Waals surface area contributed by atoms with E-state index in [1.165, 1.54) is 0 Å². The van der Waals surface area contributed by atoms with Gasteiger partial charge in [-0.15, -0.1) is 0 Å². The monoisotopic (exact) mass is 352 g/mol. The zero-order valence-electron chi connectivity index (χ0n) is 14.2. The van der Waals surface area contributed by atoms with E-state index in [1.54, 1.807) is 10.9 Å². The maximum absolute atomic E-state index is 5.85. The second-order valence-corrected chi connectivity index (χ2v) is 6.33. The Morgan fingerprint density at radius 2 is 2.00 bits per heavy atom. The number of hydrogen-bond acceptors (Lipinski definition) is 4. The minimum Gasteiger partial charge on any atom is -0.489 e. The Hall–Kier alpha value is -2.73. The Balaban J connectivity index is 1.74. The van der Waals surface area contributed by atoms with Crippen molar-refractivity contribution >= 4 is 18.4 Å². The molecule has 1 N–H and O–H groups in total. The highest BCUT2D eigenvalue weighted by Gasteiger charge is 2.08. The molecule has 0 aliphatic carbocycles. The first kappa shape index (κ1) is 17.1. The van der Waals surface area contributed by atoms with E-state index < -0.39 is 0 Å². The van der Waals surface area contributed by atoms with Crippen molar-refractivity contribution in [1.82, 2.24) is 14.9 Å². The van der Waals surface area contributed by atoms with Crippen molar-refractivity contribution in [2.45, 2.75) is 26.4 Å². The van der Waals surface area contributed by atoms with E-state index in [9.17, 15) is 0 Å². The zero-order chi connectivity index (χ0) is 17.6. The molecule has 128 valence electrons. The van der Waals surface area contributed by atoms with Crippen molar-refractivity contribution in [1.29, 1.82) is 0 Å². The molecule has 0 bridgehead atoms. The molecular weight excluding hydrogens is 332 g/mol. The molecule has 0 saturated heterocycles. The summed E-state index contributed by atoms with van der Waals surface area (Å²) >= 11 is 5.24. The molecule has 2 aromatic carbocycles. The fraction of sp³-hybridized carbons (Fsp3) is 0.211. The van der Waals surface area contributed by atoms with E-state index in [-0.39, 0.29) is 5.92 Å². The summed E-state index contributed by atoms with van der Waals surface area (Å²) in [5, 5.41) is 11.5. The van der Waals surface area contributed by atoms with Gasteiger partial charge in [0.25, 0.3) is 0 Å². The number of H-pyrrole nitrogens is 1. The summed E-state index contributed by atoms with van der Waals surface area (Å²) in [6.07, 6.45) is 1.76. The Morgan fingerprint density at radius 3 is 2.76 bits per heavy atom. The van der Waals surface area contributed by atoms with E-state index in [2.05, 4.69) is 29.1 Å². The van der Waals surface area contributed by atoms with Gasteiger partial charge >= 0.3 is 0 Å². The average Bonchev–Trinajstić information content (AvgIpc) is 3.00. The van der Waals surface area contributed by atoms with Gasteiger partial charge in [-0.3, -0.25) is 5.10 Å². The molecular formula is C19H20N4OS. The van der Waals surface area contributed by atoms with Gasteiger partial charge in [-0.1, -0.05) is 56.3 Å². The van der Waals surface area contributed by atoms with Crippen molar-refractivity contribution in [3.8, 4) is 5.75 Å². The van der Waals surface area contributed by atoms with Gasteiger partial charge in [-0.05, 0) is 35.5 Å². The second kappa shape index (κ2) is 7.90. The number of aromatic nitrogens is 3. The van der Waals surface area contributed by atoms with Crippen molar-refractivity contribution in [2.24, 2.45) is 5.10 Å². The van der Waals surface area contributed by atoms with E-state index in [4.69, 9.17) is 17.0 Å². The average molecular weight is 352 g/mol. The molecule has 0 atom stereocenters. The number of aromatic amines is 1. The first-order chi connectivity index (χ1) is 12.1. The first-order valence-electron chi connectivity index (χ1n) is 8.12. The number of benzene rings is 2. The molecule has 3 rings (SSSR count). The molecule has 0 unspecified atom stereocenters. The number of nitrogens with one attached hydrogen (secondary N) is 1. The molecule has 25 heavy (non-hydrogen) atoms. The SMILES string of the molecule is CC(C)c1n[nH]c(=S)n1/N=C/c1cccc(OCc2ccccc2)c1. The van der Waals surface area contributed by atoms with Crippen LogP contribution in [0.4, 0.5) is 0 Å². The fourth-order valence-corrected chi connectivity index (χ4v) is 2.53. The van der Waals surface area contributed by atoms with E-state index in [0.29, 0.717) is 11.4 Å². The standard InChI is InChI=1S/C19H20N4OS/c1-14(2)18-21-22-19(25)23(18)20-12-16-9-6-10-17(11-16)24-13-15-7-4-3-5-8-15/h3-12,14H,13H2,1-2H3,(H,22,25)/b20-12+. The minimum absolute atomic E-state index is 0.227. The smallest absolute Gasteiger partial charge is 0.216 e. The maximum Gasteiger partial charge on any atom is 0.216 e. The summed E-state index contributed by atoms with van der Waals surface area (Å²) < 4.78 is 7.98. The van der Waals surface area contributed by atoms with Crippen LogP contribution in [-0.4, -0.2) is 21.1 Å². The molecule has 1 aromatic heterocycles. The third-order valence-corrected chi connectivity index (χ3v) is 3.88. The minimum atomic E-state index is 0.227. The summed E-state index contributed by atoms with van der Waals surface area (Å²) in [7, 11) is 0. The van der Waals surface area contributed by atoms with Crippen molar-refractivity contribution in [3.63, 3.8) is 0 Å². The van der Waals surface area contributed by atoms with Crippen LogP contribution in [0.25, 0.3) is 0 Å². The lowest BCUT2D eigenvalue weighted by atomic mass is 10.2. The lowest BCUT2D eigenvalue weighted by molar-refractivity contribution is 0.306. The topological polar surface area (TPSA) is 55.2 Å². The summed E-state index contributed by atoms with van der Waals surface area (Å²) in [6.45, 7) is 4.63. The molecule has 3 aromatic rings. The van der Waals surface area contributed by atoms with Crippen LogP contribution >= 0.6 is 12.2 Å². The molecule has 5 nitrogen and oxygen atoms in total. The number of rotatable bonds is 6. The molecule has 0 amide bonds. The highest BCUT2D eigenvalue weighted by atomic mass is 32.1. The molecule has 0 radical (unpaired) electrons.